The van der Waals surface area contributed by atoms with Crippen LogP contribution in [-0.4, -0.2) is 29.5 Å². The van der Waals surface area contributed by atoms with Gasteiger partial charge in [-0.25, -0.2) is 4.39 Å². The molecule has 1 aliphatic rings. The Bertz CT molecular complexity index is 609. The van der Waals surface area contributed by atoms with Crippen LogP contribution in [0.15, 0.2) is 47.1 Å². The van der Waals surface area contributed by atoms with E-state index >= 15 is 0 Å². The van der Waals surface area contributed by atoms with E-state index in [1.807, 2.05) is 24.4 Å². The third-order valence-electron chi connectivity index (χ3n) is 3.74. The van der Waals surface area contributed by atoms with Gasteiger partial charge in [-0.15, -0.1) is 12.4 Å². The molecule has 2 heterocycles. The third kappa shape index (κ3) is 4.26. The summed E-state index contributed by atoms with van der Waals surface area (Å²) in [6.07, 6.45) is 1.81. The Morgan fingerprint density at radius 1 is 1.32 bits per heavy atom. The van der Waals surface area contributed by atoms with Crippen LogP contribution in [0.25, 0.3) is 0 Å². The highest BCUT2D eigenvalue weighted by molar-refractivity contribution is 9.10. The molecule has 1 aromatic heterocycles. The largest absolute Gasteiger partial charge is 0.314 e. The highest BCUT2D eigenvalue weighted by Gasteiger charge is 2.24. The Balaban J connectivity index is 0.00000176. The fraction of sp³-hybridized carbons (Fsp3) is 0.312. The highest BCUT2D eigenvalue weighted by atomic mass is 79.9. The maximum Gasteiger partial charge on any atom is 0.123 e. The SMILES string of the molecule is Cl.Fc1cccc(C2CNCCN2Cc2ccc(Br)cn2)c1. The van der Waals surface area contributed by atoms with Crippen LogP contribution in [0.1, 0.15) is 17.3 Å². The van der Waals surface area contributed by atoms with E-state index < -0.39 is 0 Å². The Kier molecular flexibility index (Phi) is 6.32. The number of piperazine rings is 1. The van der Waals surface area contributed by atoms with Crippen molar-refractivity contribution in [3.05, 3.63) is 64.1 Å². The number of hydrogen-bond donors (Lipinski definition) is 1. The van der Waals surface area contributed by atoms with Gasteiger partial charge in [0.05, 0.1) is 5.69 Å². The fourth-order valence-corrected chi connectivity index (χ4v) is 2.92. The van der Waals surface area contributed by atoms with Crippen LogP contribution in [-0.2, 0) is 6.54 Å². The number of nitrogens with zero attached hydrogens (tertiary/aromatic N) is 2. The van der Waals surface area contributed by atoms with Gasteiger partial charge in [0.15, 0.2) is 0 Å². The van der Waals surface area contributed by atoms with E-state index in [2.05, 4.69) is 31.1 Å². The summed E-state index contributed by atoms with van der Waals surface area (Å²) in [7, 11) is 0. The van der Waals surface area contributed by atoms with Gasteiger partial charge in [0.25, 0.3) is 0 Å². The maximum atomic E-state index is 13.5. The molecule has 1 aliphatic heterocycles. The van der Waals surface area contributed by atoms with Crippen LogP contribution in [0.3, 0.4) is 0 Å². The number of aromatic nitrogens is 1. The standard InChI is InChI=1S/C16H17BrFN3.ClH/c17-13-4-5-15(20-9-13)11-21-7-6-19-10-16(21)12-2-1-3-14(18)8-12;/h1-5,8-9,16,19H,6-7,10-11H2;1H. The van der Waals surface area contributed by atoms with E-state index in [0.717, 1.165) is 41.9 Å². The summed E-state index contributed by atoms with van der Waals surface area (Å²) in [5.74, 6) is -0.181. The van der Waals surface area contributed by atoms with Crippen molar-refractivity contribution >= 4 is 28.3 Å². The zero-order valence-electron chi connectivity index (χ0n) is 12.0. The van der Waals surface area contributed by atoms with Gasteiger partial charge in [-0.3, -0.25) is 9.88 Å². The summed E-state index contributed by atoms with van der Waals surface area (Å²) in [4.78, 5) is 6.78. The topological polar surface area (TPSA) is 28.2 Å². The minimum absolute atomic E-state index is 0. The molecular weight excluding hydrogens is 369 g/mol. The molecule has 0 aliphatic carbocycles. The summed E-state index contributed by atoms with van der Waals surface area (Å²) >= 11 is 3.40. The van der Waals surface area contributed by atoms with Crippen LogP contribution in [0.2, 0.25) is 0 Å². The summed E-state index contributed by atoms with van der Waals surface area (Å²) in [5, 5.41) is 3.39. The van der Waals surface area contributed by atoms with E-state index in [1.54, 1.807) is 12.1 Å². The predicted molar refractivity (Wildman–Crippen MR) is 91.6 cm³/mol. The maximum absolute atomic E-state index is 13.5. The smallest absolute Gasteiger partial charge is 0.123 e. The lowest BCUT2D eigenvalue weighted by Gasteiger charge is -2.36. The van der Waals surface area contributed by atoms with Gasteiger partial charge in [-0.1, -0.05) is 12.1 Å². The molecule has 1 fully saturated rings. The van der Waals surface area contributed by atoms with Gasteiger partial charge in [0.2, 0.25) is 0 Å². The predicted octanol–water partition coefficient (Wildman–Crippen LogP) is 3.55. The monoisotopic (exact) mass is 385 g/mol. The molecule has 6 heteroatoms. The molecule has 0 amide bonds. The van der Waals surface area contributed by atoms with Crippen molar-refractivity contribution in [3.63, 3.8) is 0 Å². The summed E-state index contributed by atoms with van der Waals surface area (Å²) in [6.45, 7) is 3.48. The molecule has 1 atom stereocenters. The van der Waals surface area contributed by atoms with Crippen LogP contribution in [0.5, 0.6) is 0 Å². The number of pyridine rings is 1. The Hall–Kier alpha value is -1.01. The molecule has 22 heavy (non-hydrogen) atoms. The second kappa shape index (κ2) is 8.02. The molecule has 1 N–H and O–H groups in total. The van der Waals surface area contributed by atoms with E-state index in [9.17, 15) is 4.39 Å². The van der Waals surface area contributed by atoms with E-state index in [1.165, 1.54) is 6.07 Å². The lowest BCUT2D eigenvalue weighted by Crippen LogP contribution is -2.45. The third-order valence-corrected chi connectivity index (χ3v) is 4.21. The molecule has 0 saturated carbocycles. The molecule has 3 nitrogen and oxygen atoms in total. The highest BCUT2D eigenvalue weighted by Crippen LogP contribution is 2.24. The molecule has 1 aromatic carbocycles. The van der Waals surface area contributed by atoms with Gasteiger partial charge in [-0.05, 0) is 45.8 Å². The minimum Gasteiger partial charge on any atom is -0.314 e. The van der Waals surface area contributed by atoms with Gasteiger partial charge in [0.1, 0.15) is 5.82 Å². The first-order chi connectivity index (χ1) is 10.2. The first-order valence-electron chi connectivity index (χ1n) is 7.03. The van der Waals surface area contributed by atoms with E-state index in [-0.39, 0.29) is 24.3 Å². The Labute approximate surface area is 144 Å². The first-order valence-corrected chi connectivity index (χ1v) is 7.82. The molecule has 1 unspecified atom stereocenters. The van der Waals surface area contributed by atoms with Gasteiger partial charge >= 0.3 is 0 Å². The molecule has 1 saturated heterocycles. The Morgan fingerprint density at radius 2 is 2.18 bits per heavy atom. The van der Waals surface area contributed by atoms with Crippen LogP contribution in [0.4, 0.5) is 4.39 Å². The number of halogens is 3. The zero-order valence-corrected chi connectivity index (χ0v) is 14.4. The molecule has 0 radical (unpaired) electrons. The first kappa shape index (κ1) is 17.3. The van der Waals surface area contributed by atoms with Crippen molar-refractivity contribution in [2.45, 2.75) is 12.6 Å². The lowest BCUT2D eigenvalue weighted by atomic mass is 10.0. The number of hydrogen-bond acceptors (Lipinski definition) is 3. The average molecular weight is 387 g/mol. The van der Waals surface area contributed by atoms with Crippen LogP contribution in [0, 0.1) is 5.82 Å². The van der Waals surface area contributed by atoms with Crippen molar-refractivity contribution in [1.82, 2.24) is 15.2 Å². The average Bonchev–Trinajstić information content (AvgIpc) is 2.50. The quantitative estimate of drug-likeness (QED) is 0.874. The summed E-state index contributed by atoms with van der Waals surface area (Å²) < 4.78 is 14.4. The van der Waals surface area contributed by atoms with Crippen molar-refractivity contribution < 1.29 is 4.39 Å². The molecule has 3 rings (SSSR count). The molecule has 118 valence electrons. The minimum atomic E-state index is -0.181. The number of benzene rings is 1. The van der Waals surface area contributed by atoms with Gasteiger partial charge in [-0.2, -0.15) is 0 Å². The van der Waals surface area contributed by atoms with Crippen molar-refractivity contribution in [2.75, 3.05) is 19.6 Å². The fourth-order valence-electron chi connectivity index (χ4n) is 2.69. The molecular formula is C16H18BrClFN3. The van der Waals surface area contributed by atoms with Gasteiger partial charge in [0, 0.05) is 42.9 Å². The van der Waals surface area contributed by atoms with Crippen LogP contribution < -0.4 is 5.32 Å². The Morgan fingerprint density at radius 3 is 2.91 bits per heavy atom. The second-order valence-corrected chi connectivity index (χ2v) is 6.13. The molecule has 0 spiro atoms. The van der Waals surface area contributed by atoms with E-state index in [0.29, 0.717) is 0 Å². The normalized spacial score (nSPS) is 18.7. The molecule has 2 aromatic rings. The number of rotatable bonds is 3. The molecule has 0 bridgehead atoms. The lowest BCUT2D eigenvalue weighted by molar-refractivity contribution is 0.151. The summed E-state index contributed by atoms with van der Waals surface area (Å²) in [6, 6.07) is 11.1. The van der Waals surface area contributed by atoms with E-state index in [4.69, 9.17) is 0 Å². The van der Waals surface area contributed by atoms with Crippen molar-refractivity contribution in [2.24, 2.45) is 0 Å². The van der Waals surface area contributed by atoms with Gasteiger partial charge < -0.3 is 5.32 Å². The summed E-state index contributed by atoms with van der Waals surface area (Å²) in [5.41, 5.74) is 2.04. The van der Waals surface area contributed by atoms with Crippen molar-refractivity contribution in [1.29, 1.82) is 0 Å². The number of nitrogens with one attached hydrogen (secondary N) is 1. The van der Waals surface area contributed by atoms with Crippen molar-refractivity contribution in [3.8, 4) is 0 Å². The van der Waals surface area contributed by atoms with Crippen LogP contribution >= 0.6 is 28.3 Å². The zero-order chi connectivity index (χ0) is 14.7. The second-order valence-electron chi connectivity index (χ2n) is 5.21.